The molecule has 0 aliphatic heterocycles. The van der Waals surface area contributed by atoms with Crippen molar-refractivity contribution in [3.05, 3.63) is 34.6 Å². The third kappa shape index (κ3) is 2.76. The Morgan fingerprint density at radius 3 is 3.16 bits per heavy atom. The zero-order valence-electron chi connectivity index (χ0n) is 11.3. The normalized spacial score (nSPS) is 17.7. The summed E-state index contributed by atoms with van der Waals surface area (Å²) in [5, 5.41) is 14.0. The van der Waals surface area contributed by atoms with Gasteiger partial charge in [-0.3, -0.25) is 4.98 Å². The molecule has 19 heavy (non-hydrogen) atoms. The maximum Gasteiger partial charge on any atom is 0.206 e. The Hall–Kier alpha value is -1.49. The summed E-state index contributed by atoms with van der Waals surface area (Å²) in [5.74, 6) is 0.620. The smallest absolute Gasteiger partial charge is 0.206 e. The van der Waals surface area contributed by atoms with Gasteiger partial charge in [-0.25, -0.2) is 0 Å². The van der Waals surface area contributed by atoms with Crippen molar-refractivity contribution >= 4 is 16.5 Å². The molecule has 1 aliphatic rings. The van der Waals surface area contributed by atoms with Crippen molar-refractivity contribution in [1.82, 2.24) is 15.2 Å². The van der Waals surface area contributed by atoms with Crippen molar-refractivity contribution in [2.45, 2.75) is 39.2 Å². The summed E-state index contributed by atoms with van der Waals surface area (Å²) < 4.78 is 0. The Morgan fingerprint density at radius 2 is 2.32 bits per heavy atom. The van der Waals surface area contributed by atoms with Gasteiger partial charge in [0.15, 0.2) is 0 Å². The van der Waals surface area contributed by atoms with Gasteiger partial charge in [-0.2, -0.15) is 0 Å². The predicted octanol–water partition coefficient (Wildman–Crippen LogP) is 3.23. The SMILES string of the molecule is CC(C)Cc1nnc(NC2CCc3cccnc32)s1. The standard InChI is InChI=1S/C14H18N4S/c1-9(2)8-12-17-18-14(19-12)16-11-6-5-10-4-3-7-15-13(10)11/h3-4,7,9,11H,5-6,8H2,1-2H3,(H,16,18). The van der Waals surface area contributed by atoms with Gasteiger partial charge in [0.1, 0.15) is 5.01 Å². The Kier molecular flexibility index (Phi) is 3.46. The van der Waals surface area contributed by atoms with Gasteiger partial charge in [0, 0.05) is 12.6 Å². The van der Waals surface area contributed by atoms with E-state index < -0.39 is 0 Å². The van der Waals surface area contributed by atoms with Crippen molar-refractivity contribution in [2.75, 3.05) is 5.32 Å². The fourth-order valence-electron chi connectivity index (χ4n) is 2.45. The first-order valence-corrected chi connectivity index (χ1v) is 7.56. The van der Waals surface area contributed by atoms with Crippen LogP contribution in [-0.4, -0.2) is 15.2 Å². The van der Waals surface area contributed by atoms with Crippen LogP contribution in [0.3, 0.4) is 0 Å². The largest absolute Gasteiger partial charge is 0.352 e. The van der Waals surface area contributed by atoms with E-state index in [9.17, 15) is 0 Å². The summed E-state index contributed by atoms with van der Waals surface area (Å²) in [6, 6.07) is 4.46. The topological polar surface area (TPSA) is 50.7 Å². The maximum absolute atomic E-state index is 4.49. The van der Waals surface area contributed by atoms with Crippen molar-refractivity contribution in [1.29, 1.82) is 0 Å². The van der Waals surface area contributed by atoms with E-state index in [4.69, 9.17) is 0 Å². The number of anilines is 1. The van der Waals surface area contributed by atoms with Crippen molar-refractivity contribution < 1.29 is 0 Å². The van der Waals surface area contributed by atoms with Crippen LogP contribution < -0.4 is 5.32 Å². The fraction of sp³-hybridized carbons (Fsp3) is 0.500. The molecule has 1 unspecified atom stereocenters. The van der Waals surface area contributed by atoms with E-state index in [1.54, 1.807) is 11.3 Å². The molecule has 1 atom stereocenters. The van der Waals surface area contributed by atoms with Crippen LogP contribution in [-0.2, 0) is 12.8 Å². The van der Waals surface area contributed by atoms with E-state index in [0.717, 1.165) is 29.4 Å². The van der Waals surface area contributed by atoms with Crippen molar-refractivity contribution in [3.8, 4) is 0 Å². The number of rotatable bonds is 4. The zero-order chi connectivity index (χ0) is 13.2. The van der Waals surface area contributed by atoms with Crippen molar-refractivity contribution in [3.63, 3.8) is 0 Å². The van der Waals surface area contributed by atoms with Crippen LogP contribution in [0.15, 0.2) is 18.3 Å². The number of aromatic nitrogens is 3. The van der Waals surface area contributed by atoms with Crippen LogP contribution in [0.2, 0.25) is 0 Å². The molecular formula is C14H18N4S. The molecular weight excluding hydrogens is 256 g/mol. The van der Waals surface area contributed by atoms with Gasteiger partial charge in [0.25, 0.3) is 0 Å². The second-order valence-electron chi connectivity index (χ2n) is 5.38. The summed E-state index contributed by atoms with van der Waals surface area (Å²) in [7, 11) is 0. The highest BCUT2D eigenvalue weighted by Crippen LogP contribution is 2.32. The summed E-state index contributed by atoms with van der Waals surface area (Å²) in [5.41, 5.74) is 2.52. The van der Waals surface area contributed by atoms with Gasteiger partial charge < -0.3 is 5.32 Å². The third-order valence-electron chi connectivity index (χ3n) is 3.31. The molecule has 1 N–H and O–H groups in total. The number of fused-ring (bicyclic) bond motifs is 1. The van der Waals surface area contributed by atoms with Gasteiger partial charge in [-0.1, -0.05) is 31.3 Å². The average molecular weight is 274 g/mol. The third-order valence-corrected chi connectivity index (χ3v) is 4.18. The molecule has 4 nitrogen and oxygen atoms in total. The summed E-state index contributed by atoms with van der Waals surface area (Å²) in [6.07, 6.45) is 5.05. The quantitative estimate of drug-likeness (QED) is 0.930. The molecule has 5 heteroatoms. The van der Waals surface area contributed by atoms with Crippen LogP contribution in [0.1, 0.15) is 42.6 Å². The lowest BCUT2D eigenvalue weighted by molar-refractivity contribution is 0.639. The zero-order valence-corrected chi connectivity index (χ0v) is 12.1. The average Bonchev–Trinajstić information content (AvgIpc) is 2.97. The van der Waals surface area contributed by atoms with E-state index in [1.165, 1.54) is 11.3 Å². The number of pyridine rings is 1. The van der Waals surface area contributed by atoms with Crippen LogP contribution in [0.25, 0.3) is 0 Å². The molecule has 0 amide bonds. The minimum Gasteiger partial charge on any atom is -0.352 e. The molecule has 0 saturated heterocycles. The van der Waals surface area contributed by atoms with Gasteiger partial charge in [0.2, 0.25) is 5.13 Å². The molecule has 0 saturated carbocycles. The first-order chi connectivity index (χ1) is 9.22. The highest BCUT2D eigenvalue weighted by atomic mass is 32.1. The Balaban J connectivity index is 1.71. The summed E-state index contributed by atoms with van der Waals surface area (Å²) in [4.78, 5) is 4.49. The molecule has 3 rings (SSSR count). The lowest BCUT2D eigenvalue weighted by atomic mass is 10.1. The van der Waals surface area contributed by atoms with Crippen LogP contribution in [0, 0.1) is 5.92 Å². The lowest BCUT2D eigenvalue weighted by Crippen LogP contribution is -2.08. The molecule has 0 bridgehead atoms. The van der Waals surface area contributed by atoms with Gasteiger partial charge in [-0.15, -0.1) is 10.2 Å². The summed E-state index contributed by atoms with van der Waals surface area (Å²) >= 11 is 1.66. The van der Waals surface area contributed by atoms with Crippen LogP contribution in [0.5, 0.6) is 0 Å². The Bertz CT molecular complexity index is 564. The lowest BCUT2D eigenvalue weighted by Gasteiger charge is -2.10. The molecule has 0 spiro atoms. The van der Waals surface area contributed by atoms with E-state index >= 15 is 0 Å². The monoisotopic (exact) mass is 274 g/mol. The fourth-order valence-corrected chi connectivity index (χ4v) is 3.45. The first-order valence-electron chi connectivity index (χ1n) is 6.75. The second-order valence-corrected chi connectivity index (χ2v) is 6.44. The predicted molar refractivity (Wildman–Crippen MR) is 77.4 cm³/mol. The maximum atomic E-state index is 4.49. The molecule has 2 aromatic heterocycles. The molecule has 2 heterocycles. The number of aryl methyl sites for hydroxylation is 1. The molecule has 0 radical (unpaired) electrons. The van der Waals surface area contributed by atoms with Gasteiger partial charge in [-0.05, 0) is 30.4 Å². The first kappa shape index (κ1) is 12.5. The highest BCUT2D eigenvalue weighted by molar-refractivity contribution is 7.15. The van der Waals surface area contributed by atoms with E-state index in [1.807, 2.05) is 12.3 Å². The number of nitrogens with zero attached hydrogens (tertiary/aromatic N) is 3. The molecule has 100 valence electrons. The minimum absolute atomic E-state index is 0.288. The van der Waals surface area contributed by atoms with E-state index in [0.29, 0.717) is 5.92 Å². The van der Waals surface area contributed by atoms with E-state index in [-0.39, 0.29) is 6.04 Å². The summed E-state index contributed by atoms with van der Waals surface area (Å²) in [6.45, 7) is 4.40. The second kappa shape index (κ2) is 5.25. The molecule has 0 fully saturated rings. The molecule has 2 aromatic rings. The Labute approximate surface area is 117 Å². The molecule has 1 aliphatic carbocycles. The van der Waals surface area contributed by atoms with Gasteiger partial charge in [0.05, 0.1) is 11.7 Å². The van der Waals surface area contributed by atoms with Crippen LogP contribution in [0.4, 0.5) is 5.13 Å². The minimum atomic E-state index is 0.288. The van der Waals surface area contributed by atoms with Gasteiger partial charge >= 0.3 is 0 Å². The number of hydrogen-bond donors (Lipinski definition) is 1. The van der Waals surface area contributed by atoms with Crippen LogP contribution >= 0.6 is 11.3 Å². The highest BCUT2D eigenvalue weighted by Gasteiger charge is 2.24. The number of hydrogen-bond acceptors (Lipinski definition) is 5. The van der Waals surface area contributed by atoms with Crippen molar-refractivity contribution in [2.24, 2.45) is 5.92 Å². The number of nitrogens with one attached hydrogen (secondary N) is 1. The molecule has 0 aromatic carbocycles. The Morgan fingerprint density at radius 1 is 1.42 bits per heavy atom. The van der Waals surface area contributed by atoms with E-state index in [2.05, 4.69) is 40.4 Å².